The van der Waals surface area contributed by atoms with Crippen molar-refractivity contribution in [2.45, 2.75) is 32.4 Å². The van der Waals surface area contributed by atoms with Gasteiger partial charge < -0.3 is 20.5 Å². The molecule has 184 valence electrons. The molecule has 1 atom stereocenters. The van der Waals surface area contributed by atoms with Crippen molar-refractivity contribution in [2.75, 3.05) is 24.3 Å². The third-order valence-electron chi connectivity index (χ3n) is 6.18. The second kappa shape index (κ2) is 9.61. The molecule has 1 aliphatic heterocycles. The SMILES string of the molecule is COc1c(C)cccc1-c1cc(-c2cn(Cc3cccc(N4CCC[C@@H]4C(=O)O)n3)nn2)nc(N)n1. The average Bonchev–Trinajstić information content (AvgIpc) is 3.54. The Morgan fingerprint density at radius 3 is 2.75 bits per heavy atom. The normalized spacial score (nSPS) is 15.3. The maximum atomic E-state index is 11.6. The van der Waals surface area contributed by atoms with Gasteiger partial charge in [-0.2, -0.15) is 0 Å². The van der Waals surface area contributed by atoms with Gasteiger partial charge in [0.15, 0.2) is 0 Å². The van der Waals surface area contributed by atoms with E-state index in [1.165, 1.54) is 0 Å². The number of para-hydroxylation sites is 1. The molecular formula is C25H26N8O3. The molecule has 0 amide bonds. The van der Waals surface area contributed by atoms with Gasteiger partial charge in [0.1, 0.15) is 23.3 Å². The minimum atomic E-state index is -0.826. The number of methoxy groups -OCH3 is 1. The van der Waals surface area contributed by atoms with Crippen molar-refractivity contribution in [1.82, 2.24) is 29.9 Å². The Hall–Kier alpha value is -4.54. The molecule has 0 bridgehead atoms. The first-order valence-electron chi connectivity index (χ1n) is 11.6. The highest BCUT2D eigenvalue weighted by Crippen LogP contribution is 2.33. The van der Waals surface area contributed by atoms with Crippen LogP contribution in [0.15, 0.2) is 48.7 Å². The number of carboxylic acid groups (broad SMARTS) is 1. The first-order chi connectivity index (χ1) is 17.4. The van der Waals surface area contributed by atoms with Crippen molar-refractivity contribution < 1.29 is 14.6 Å². The molecule has 11 heteroatoms. The van der Waals surface area contributed by atoms with E-state index in [1.807, 2.05) is 48.2 Å². The predicted molar refractivity (Wildman–Crippen MR) is 134 cm³/mol. The van der Waals surface area contributed by atoms with Crippen LogP contribution in [-0.4, -0.2) is 60.7 Å². The number of nitrogens with zero attached hydrogens (tertiary/aromatic N) is 7. The largest absolute Gasteiger partial charge is 0.496 e. The number of benzene rings is 1. The van der Waals surface area contributed by atoms with E-state index in [4.69, 9.17) is 10.5 Å². The van der Waals surface area contributed by atoms with Gasteiger partial charge in [-0.05, 0) is 49.6 Å². The highest BCUT2D eigenvalue weighted by atomic mass is 16.5. The molecule has 1 saturated heterocycles. The number of carboxylic acids is 1. The highest BCUT2D eigenvalue weighted by Gasteiger charge is 2.31. The Balaban J connectivity index is 1.40. The highest BCUT2D eigenvalue weighted by molar-refractivity contribution is 5.78. The van der Waals surface area contributed by atoms with Crippen LogP contribution < -0.4 is 15.4 Å². The number of aliphatic carboxylic acids is 1. The van der Waals surface area contributed by atoms with Crippen molar-refractivity contribution in [3.8, 4) is 28.4 Å². The second-order valence-electron chi connectivity index (χ2n) is 8.63. The Labute approximate surface area is 207 Å². The molecule has 0 radical (unpaired) electrons. The Morgan fingerprint density at radius 2 is 1.94 bits per heavy atom. The van der Waals surface area contributed by atoms with E-state index in [-0.39, 0.29) is 5.95 Å². The zero-order valence-electron chi connectivity index (χ0n) is 20.0. The van der Waals surface area contributed by atoms with E-state index in [2.05, 4.69) is 25.3 Å². The number of hydrogen-bond donors (Lipinski definition) is 2. The molecule has 4 aromatic rings. The fourth-order valence-corrected chi connectivity index (χ4v) is 4.53. The van der Waals surface area contributed by atoms with E-state index >= 15 is 0 Å². The van der Waals surface area contributed by atoms with Crippen molar-refractivity contribution >= 4 is 17.7 Å². The van der Waals surface area contributed by atoms with Crippen LogP contribution in [0, 0.1) is 6.92 Å². The van der Waals surface area contributed by atoms with Crippen molar-refractivity contribution in [1.29, 1.82) is 0 Å². The molecule has 5 rings (SSSR count). The summed E-state index contributed by atoms with van der Waals surface area (Å²) in [5, 5.41) is 18.0. The molecule has 1 aromatic carbocycles. The van der Waals surface area contributed by atoms with E-state index in [1.54, 1.807) is 24.1 Å². The third kappa shape index (κ3) is 4.54. The van der Waals surface area contributed by atoms with Gasteiger partial charge >= 0.3 is 5.97 Å². The Kier molecular flexibility index (Phi) is 6.19. The maximum absolute atomic E-state index is 11.6. The van der Waals surface area contributed by atoms with Crippen LogP contribution in [0.25, 0.3) is 22.6 Å². The van der Waals surface area contributed by atoms with Gasteiger partial charge in [-0.15, -0.1) is 5.10 Å². The second-order valence-corrected chi connectivity index (χ2v) is 8.63. The van der Waals surface area contributed by atoms with Crippen LogP contribution in [0.5, 0.6) is 5.75 Å². The molecular weight excluding hydrogens is 460 g/mol. The number of anilines is 2. The first kappa shape index (κ1) is 23.2. The minimum absolute atomic E-state index is 0.119. The molecule has 1 aliphatic rings. The number of nitrogen functional groups attached to an aromatic ring is 1. The number of aryl methyl sites for hydroxylation is 1. The first-order valence-corrected chi connectivity index (χ1v) is 11.6. The summed E-state index contributed by atoms with van der Waals surface area (Å²) in [5.74, 6) is 0.665. The lowest BCUT2D eigenvalue weighted by atomic mass is 10.1. The molecule has 3 aromatic heterocycles. The van der Waals surface area contributed by atoms with Crippen LogP contribution in [-0.2, 0) is 11.3 Å². The van der Waals surface area contributed by atoms with Crippen LogP contribution in [0.4, 0.5) is 11.8 Å². The van der Waals surface area contributed by atoms with E-state index in [9.17, 15) is 9.90 Å². The Bertz CT molecular complexity index is 1420. The molecule has 0 saturated carbocycles. The summed E-state index contributed by atoms with van der Waals surface area (Å²) in [4.78, 5) is 26.8. The monoisotopic (exact) mass is 486 g/mol. The molecule has 0 unspecified atom stereocenters. The number of carbonyl (C=O) groups is 1. The maximum Gasteiger partial charge on any atom is 0.326 e. The summed E-state index contributed by atoms with van der Waals surface area (Å²) in [6, 6.07) is 12.7. The zero-order chi connectivity index (χ0) is 25.2. The average molecular weight is 487 g/mol. The van der Waals surface area contributed by atoms with Gasteiger partial charge in [0.25, 0.3) is 0 Å². The van der Waals surface area contributed by atoms with Crippen molar-refractivity contribution in [3.63, 3.8) is 0 Å². The summed E-state index contributed by atoms with van der Waals surface area (Å²) in [6.45, 7) is 3.00. The van der Waals surface area contributed by atoms with Crippen molar-refractivity contribution in [3.05, 3.63) is 59.9 Å². The van der Waals surface area contributed by atoms with Gasteiger partial charge in [-0.1, -0.05) is 23.4 Å². The van der Waals surface area contributed by atoms with Crippen LogP contribution in [0.2, 0.25) is 0 Å². The van der Waals surface area contributed by atoms with Gasteiger partial charge in [-0.25, -0.2) is 24.4 Å². The summed E-state index contributed by atoms with van der Waals surface area (Å²) < 4.78 is 7.23. The number of rotatable bonds is 7. The number of aromatic nitrogens is 6. The molecule has 36 heavy (non-hydrogen) atoms. The lowest BCUT2D eigenvalue weighted by Crippen LogP contribution is -2.36. The van der Waals surface area contributed by atoms with Crippen molar-refractivity contribution in [2.24, 2.45) is 0 Å². The van der Waals surface area contributed by atoms with Gasteiger partial charge in [0, 0.05) is 12.1 Å². The van der Waals surface area contributed by atoms with E-state index < -0.39 is 12.0 Å². The lowest BCUT2D eigenvalue weighted by Gasteiger charge is -2.22. The number of hydrogen-bond acceptors (Lipinski definition) is 9. The molecule has 11 nitrogen and oxygen atoms in total. The van der Waals surface area contributed by atoms with Gasteiger partial charge in [0.05, 0.1) is 36.9 Å². The smallest absolute Gasteiger partial charge is 0.326 e. The molecule has 0 spiro atoms. The molecule has 3 N–H and O–H groups in total. The predicted octanol–water partition coefficient (Wildman–Crippen LogP) is 2.80. The van der Waals surface area contributed by atoms with Crippen LogP contribution in [0.3, 0.4) is 0 Å². The van der Waals surface area contributed by atoms with Gasteiger partial charge in [0.2, 0.25) is 5.95 Å². The molecule has 1 fully saturated rings. The minimum Gasteiger partial charge on any atom is -0.496 e. The van der Waals surface area contributed by atoms with Gasteiger partial charge in [-0.3, -0.25) is 0 Å². The quantitative estimate of drug-likeness (QED) is 0.400. The molecule has 4 heterocycles. The molecule has 0 aliphatic carbocycles. The van der Waals surface area contributed by atoms with Crippen LogP contribution in [0.1, 0.15) is 24.1 Å². The summed E-state index contributed by atoms with van der Waals surface area (Å²) in [5.41, 5.74) is 10.3. The topological polar surface area (TPSA) is 145 Å². The van der Waals surface area contributed by atoms with Crippen LogP contribution >= 0.6 is 0 Å². The summed E-state index contributed by atoms with van der Waals surface area (Å²) in [6.07, 6.45) is 3.21. The summed E-state index contributed by atoms with van der Waals surface area (Å²) in [7, 11) is 1.62. The number of ether oxygens (including phenoxy) is 1. The van der Waals surface area contributed by atoms with E-state index in [0.717, 1.165) is 29.0 Å². The number of nitrogens with two attached hydrogens (primary N) is 1. The summed E-state index contributed by atoms with van der Waals surface area (Å²) >= 11 is 0. The standard InChI is InChI=1S/C25H26N8O3/c1-15-6-3-8-17(23(15)36-2)18-12-19(29-25(26)28-18)20-14-32(31-30-20)13-16-7-4-10-22(27-16)33-11-5-9-21(33)24(34)35/h3-4,6-8,10,12,14,21H,5,9,11,13H2,1-2H3,(H,34,35)(H2,26,28,29)/t21-/m1/s1. The number of pyridine rings is 1. The fraction of sp³-hybridized carbons (Fsp3) is 0.280. The third-order valence-corrected chi connectivity index (χ3v) is 6.18. The van der Waals surface area contributed by atoms with E-state index in [0.29, 0.717) is 42.4 Å². The Morgan fingerprint density at radius 1 is 1.14 bits per heavy atom. The fourth-order valence-electron chi connectivity index (χ4n) is 4.53. The zero-order valence-corrected chi connectivity index (χ0v) is 20.0. The lowest BCUT2D eigenvalue weighted by molar-refractivity contribution is -0.138.